The third kappa shape index (κ3) is 3.97. The van der Waals surface area contributed by atoms with E-state index in [9.17, 15) is 9.59 Å². The van der Waals surface area contributed by atoms with E-state index in [0.717, 1.165) is 67.8 Å². The number of aryl methyl sites for hydroxylation is 1. The summed E-state index contributed by atoms with van der Waals surface area (Å²) in [4.78, 5) is 27.3. The number of piperidine rings is 1. The number of furan rings is 1. The van der Waals surface area contributed by atoms with Crippen molar-refractivity contribution in [1.82, 2.24) is 10.3 Å². The van der Waals surface area contributed by atoms with Gasteiger partial charge in [0, 0.05) is 36.2 Å². The van der Waals surface area contributed by atoms with Gasteiger partial charge in [0.1, 0.15) is 11.5 Å². The maximum Gasteiger partial charge on any atom is 0.289 e. The largest absolute Gasteiger partial charge is 0.497 e. The van der Waals surface area contributed by atoms with Crippen LogP contribution in [0.25, 0.3) is 0 Å². The Morgan fingerprint density at radius 3 is 2.50 bits per heavy atom. The molecule has 158 valence electrons. The molecule has 1 fully saturated rings. The first-order valence-electron chi connectivity index (χ1n) is 10.5. The quantitative estimate of drug-likeness (QED) is 0.781. The smallest absolute Gasteiger partial charge is 0.289 e. The van der Waals surface area contributed by atoms with Crippen molar-refractivity contribution in [2.45, 2.75) is 45.4 Å². The van der Waals surface area contributed by atoms with Crippen molar-refractivity contribution in [2.24, 2.45) is 5.10 Å². The Bertz CT molecular complexity index is 969. The molecule has 1 aliphatic heterocycles. The highest BCUT2D eigenvalue weighted by Crippen LogP contribution is 2.31. The maximum absolute atomic E-state index is 13.0. The predicted molar refractivity (Wildman–Crippen MR) is 113 cm³/mol. The summed E-state index contributed by atoms with van der Waals surface area (Å²) in [6.07, 6.45) is 5.61. The van der Waals surface area contributed by atoms with Crippen LogP contribution >= 0.6 is 0 Å². The number of amides is 2. The van der Waals surface area contributed by atoms with Gasteiger partial charge in [-0.05, 0) is 63.3 Å². The number of carbonyl (C=O) groups excluding carboxylic acids is 2. The number of nitrogens with zero attached hydrogens (tertiary/aromatic N) is 2. The van der Waals surface area contributed by atoms with E-state index in [0.29, 0.717) is 17.1 Å². The van der Waals surface area contributed by atoms with Gasteiger partial charge >= 0.3 is 0 Å². The molecule has 0 unspecified atom stereocenters. The first kappa shape index (κ1) is 20.2. The number of fused-ring (bicyclic) bond motifs is 1. The zero-order chi connectivity index (χ0) is 21.1. The average molecular weight is 409 g/mol. The lowest BCUT2D eigenvalue weighted by Crippen LogP contribution is -2.35. The highest BCUT2D eigenvalue weighted by atomic mass is 16.5. The molecule has 1 N–H and O–H groups in total. The van der Waals surface area contributed by atoms with Crippen molar-refractivity contribution < 1.29 is 18.7 Å². The molecule has 2 aromatic rings. The first-order valence-corrected chi connectivity index (χ1v) is 10.5. The molecule has 0 bridgehead atoms. The molecule has 0 atom stereocenters. The van der Waals surface area contributed by atoms with Crippen LogP contribution in [0.2, 0.25) is 0 Å². The average Bonchev–Trinajstić information content (AvgIpc) is 3.14. The topological polar surface area (TPSA) is 84.1 Å². The Hall–Kier alpha value is -3.09. The zero-order valence-corrected chi connectivity index (χ0v) is 17.5. The van der Waals surface area contributed by atoms with Gasteiger partial charge < -0.3 is 14.1 Å². The summed E-state index contributed by atoms with van der Waals surface area (Å²) in [5, 5.41) is 4.39. The van der Waals surface area contributed by atoms with Crippen molar-refractivity contribution in [3.63, 3.8) is 0 Å². The Morgan fingerprint density at radius 1 is 1.07 bits per heavy atom. The van der Waals surface area contributed by atoms with Gasteiger partial charge in [0.05, 0.1) is 12.8 Å². The summed E-state index contributed by atoms with van der Waals surface area (Å²) in [5.41, 5.74) is 5.60. The minimum absolute atomic E-state index is 0.0387. The lowest BCUT2D eigenvalue weighted by molar-refractivity contribution is 0.0689. The summed E-state index contributed by atoms with van der Waals surface area (Å²) in [6.45, 7) is 3.47. The normalized spacial score (nSPS) is 17.5. The van der Waals surface area contributed by atoms with Crippen LogP contribution in [0.15, 0.2) is 33.8 Å². The second-order valence-electron chi connectivity index (χ2n) is 7.79. The fraction of sp³-hybridized carbons (Fsp3) is 0.435. The van der Waals surface area contributed by atoms with Crippen LogP contribution in [0, 0.1) is 6.92 Å². The number of nitrogens with one attached hydrogen (secondary N) is 1. The standard InChI is InChI=1S/C23H27N3O4/c1-15-20-18(24-25-22(27)16-9-11-17(29-2)12-10-16)7-6-8-19(20)30-21(15)23(28)26-13-4-3-5-14-26/h9-12H,3-8,13-14H2,1-2H3,(H,25,27)/b24-18+. The molecule has 7 nitrogen and oxygen atoms in total. The number of ether oxygens (including phenoxy) is 1. The first-order chi connectivity index (χ1) is 14.6. The molecule has 2 aliphatic rings. The number of carbonyl (C=O) groups is 2. The van der Waals surface area contributed by atoms with Crippen LogP contribution in [-0.4, -0.2) is 42.6 Å². The molecule has 1 aromatic heterocycles. The van der Waals surface area contributed by atoms with Gasteiger partial charge in [-0.25, -0.2) is 5.43 Å². The molecule has 2 heterocycles. The number of hydrogen-bond donors (Lipinski definition) is 1. The molecular formula is C23H27N3O4. The molecule has 0 saturated carbocycles. The van der Waals surface area contributed by atoms with E-state index >= 15 is 0 Å². The number of hydrogen-bond acceptors (Lipinski definition) is 5. The van der Waals surface area contributed by atoms with Crippen LogP contribution in [0.1, 0.15) is 69.9 Å². The number of benzene rings is 1. The van der Waals surface area contributed by atoms with Gasteiger partial charge in [-0.1, -0.05) is 0 Å². The lowest BCUT2D eigenvalue weighted by Gasteiger charge is -2.25. The number of hydrazone groups is 1. The lowest BCUT2D eigenvalue weighted by atomic mass is 9.93. The van der Waals surface area contributed by atoms with Crippen molar-refractivity contribution in [3.8, 4) is 5.75 Å². The summed E-state index contributed by atoms with van der Waals surface area (Å²) in [6, 6.07) is 6.86. The molecule has 30 heavy (non-hydrogen) atoms. The second-order valence-corrected chi connectivity index (χ2v) is 7.79. The predicted octanol–water partition coefficient (Wildman–Crippen LogP) is 3.69. The minimum Gasteiger partial charge on any atom is -0.497 e. The van der Waals surface area contributed by atoms with Gasteiger partial charge in [-0.15, -0.1) is 0 Å². The van der Waals surface area contributed by atoms with Crippen molar-refractivity contribution in [1.29, 1.82) is 0 Å². The Labute approximate surface area is 176 Å². The molecule has 0 spiro atoms. The molecule has 2 amide bonds. The van der Waals surface area contributed by atoms with Crippen LogP contribution < -0.4 is 10.2 Å². The van der Waals surface area contributed by atoms with Gasteiger partial charge in [-0.2, -0.15) is 5.10 Å². The van der Waals surface area contributed by atoms with E-state index in [-0.39, 0.29) is 11.8 Å². The van der Waals surface area contributed by atoms with E-state index in [1.165, 1.54) is 6.42 Å². The SMILES string of the molecule is COc1ccc(C(=O)N/N=C2\CCCc3oc(C(=O)N4CCCCC4)c(C)c32)cc1. The minimum atomic E-state index is -0.289. The molecule has 1 saturated heterocycles. The van der Waals surface area contributed by atoms with Crippen molar-refractivity contribution >= 4 is 17.5 Å². The third-order valence-corrected chi connectivity index (χ3v) is 5.81. The van der Waals surface area contributed by atoms with Crippen LogP contribution in [-0.2, 0) is 6.42 Å². The fourth-order valence-corrected chi connectivity index (χ4v) is 4.15. The zero-order valence-electron chi connectivity index (χ0n) is 17.5. The van der Waals surface area contributed by atoms with E-state index in [1.54, 1.807) is 31.4 Å². The van der Waals surface area contributed by atoms with E-state index in [2.05, 4.69) is 10.5 Å². The molecule has 0 radical (unpaired) electrons. The monoisotopic (exact) mass is 409 g/mol. The van der Waals surface area contributed by atoms with Gasteiger partial charge in [-0.3, -0.25) is 9.59 Å². The Morgan fingerprint density at radius 2 is 1.80 bits per heavy atom. The second kappa shape index (κ2) is 8.73. The van der Waals surface area contributed by atoms with E-state index in [1.807, 2.05) is 11.8 Å². The molecule has 1 aliphatic carbocycles. The van der Waals surface area contributed by atoms with E-state index < -0.39 is 0 Å². The fourth-order valence-electron chi connectivity index (χ4n) is 4.15. The van der Waals surface area contributed by atoms with Crippen molar-refractivity contribution in [2.75, 3.05) is 20.2 Å². The van der Waals surface area contributed by atoms with Gasteiger partial charge in [0.15, 0.2) is 5.76 Å². The van der Waals surface area contributed by atoms with Gasteiger partial charge in [0.2, 0.25) is 0 Å². The Kier molecular flexibility index (Phi) is 5.88. The summed E-state index contributed by atoms with van der Waals surface area (Å²) < 4.78 is 11.1. The summed E-state index contributed by atoms with van der Waals surface area (Å²) >= 11 is 0. The van der Waals surface area contributed by atoms with Crippen LogP contribution in [0.3, 0.4) is 0 Å². The molecule has 4 rings (SSSR count). The highest BCUT2D eigenvalue weighted by molar-refractivity contribution is 6.07. The third-order valence-electron chi connectivity index (χ3n) is 5.81. The summed E-state index contributed by atoms with van der Waals surface area (Å²) in [5.74, 6) is 1.57. The highest BCUT2D eigenvalue weighted by Gasteiger charge is 2.30. The van der Waals surface area contributed by atoms with Crippen molar-refractivity contribution in [3.05, 3.63) is 52.5 Å². The maximum atomic E-state index is 13.0. The Balaban J connectivity index is 1.54. The van der Waals surface area contributed by atoms with Crippen LogP contribution in [0.5, 0.6) is 5.75 Å². The summed E-state index contributed by atoms with van der Waals surface area (Å²) in [7, 11) is 1.58. The number of methoxy groups -OCH3 is 1. The number of likely N-dealkylation sites (tertiary alicyclic amines) is 1. The van der Waals surface area contributed by atoms with Crippen LogP contribution in [0.4, 0.5) is 0 Å². The molecule has 1 aromatic carbocycles. The molecule has 7 heteroatoms. The number of rotatable bonds is 4. The van der Waals surface area contributed by atoms with E-state index in [4.69, 9.17) is 9.15 Å². The molecular weight excluding hydrogens is 382 g/mol. The van der Waals surface area contributed by atoms with Gasteiger partial charge in [0.25, 0.3) is 11.8 Å².